The fourth-order valence-corrected chi connectivity index (χ4v) is 2.77. The summed E-state index contributed by atoms with van der Waals surface area (Å²) in [6, 6.07) is 6.88. The van der Waals surface area contributed by atoms with Gasteiger partial charge < -0.3 is 15.8 Å². The minimum atomic E-state index is -0.203. The van der Waals surface area contributed by atoms with Gasteiger partial charge in [0.1, 0.15) is 5.82 Å². The van der Waals surface area contributed by atoms with E-state index < -0.39 is 0 Å². The van der Waals surface area contributed by atoms with E-state index in [9.17, 15) is 4.39 Å². The first-order valence-electron chi connectivity index (χ1n) is 7.37. The molecule has 0 radical (unpaired) electrons. The monoisotopic (exact) mass is 421 g/mol. The molecule has 0 aromatic heterocycles. The van der Waals surface area contributed by atoms with Gasteiger partial charge in [0.15, 0.2) is 5.96 Å². The third kappa shape index (κ3) is 4.81. The molecule has 2 rings (SSSR count). The van der Waals surface area contributed by atoms with Crippen LogP contribution in [-0.4, -0.2) is 32.3 Å². The topological polar surface area (TPSA) is 59.6 Å². The van der Waals surface area contributed by atoms with Crippen LogP contribution in [0.25, 0.3) is 0 Å². The summed E-state index contributed by atoms with van der Waals surface area (Å²) in [6.07, 6.45) is 3.33. The van der Waals surface area contributed by atoms with E-state index in [4.69, 9.17) is 10.5 Å². The molecule has 1 aromatic rings. The second-order valence-corrected chi connectivity index (χ2v) is 5.84. The van der Waals surface area contributed by atoms with Crippen molar-refractivity contribution in [2.24, 2.45) is 10.7 Å². The number of benzene rings is 1. The van der Waals surface area contributed by atoms with Gasteiger partial charge in [-0.15, -0.1) is 24.0 Å². The molecule has 0 aliphatic heterocycles. The summed E-state index contributed by atoms with van der Waals surface area (Å²) in [4.78, 5) is 4.47. The van der Waals surface area contributed by atoms with E-state index in [1.165, 1.54) is 18.6 Å². The van der Waals surface area contributed by atoms with E-state index in [1.54, 1.807) is 7.11 Å². The summed E-state index contributed by atoms with van der Waals surface area (Å²) in [5.41, 5.74) is 7.08. The number of methoxy groups -OCH3 is 1. The van der Waals surface area contributed by atoms with Crippen LogP contribution < -0.4 is 11.1 Å². The maximum atomic E-state index is 13.1. The summed E-state index contributed by atoms with van der Waals surface area (Å²) in [6.45, 7) is 3.21. The molecular weight excluding hydrogens is 396 g/mol. The average molecular weight is 421 g/mol. The number of hydrogen-bond acceptors (Lipinski definition) is 2. The SMILES string of the molecule is COCC(C)NC(N)=NCC1(c2ccc(F)cc2)CCC1.I. The maximum Gasteiger partial charge on any atom is 0.188 e. The molecule has 1 aliphatic carbocycles. The summed E-state index contributed by atoms with van der Waals surface area (Å²) >= 11 is 0. The molecular formula is C16H25FIN3O. The largest absolute Gasteiger partial charge is 0.383 e. The standard InChI is InChI=1S/C16H24FN3O.HI/c1-12(10-21-2)20-15(18)19-11-16(8-3-9-16)13-4-6-14(17)7-5-13;/h4-7,12H,3,8-11H2,1-2H3,(H3,18,19,20);1H. The van der Waals surface area contributed by atoms with Crippen molar-refractivity contribution >= 4 is 29.9 Å². The first-order valence-corrected chi connectivity index (χ1v) is 7.37. The number of hydrogen-bond donors (Lipinski definition) is 2. The van der Waals surface area contributed by atoms with Crippen molar-refractivity contribution in [2.45, 2.75) is 37.6 Å². The van der Waals surface area contributed by atoms with Gasteiger partial charge >= 0.3 is 0 Å². The van der Waals surface area contributed by atoms with Gasteiger partial charge in [-0.05, 0) is 37.5 Å². The highest BCUT2D eigenvalue weighted by atomic mass is 127. The second-order valence-electron chi connectivity index (χ2n) is 5.84. The lowest BCUT2D eigenvalue weighted by molar-refractivity contribution is 0.179. The molecule has 1 fully saturated rings. The van der Waals surface area contributed by atoms with Crippen LogP contribution >= 0.6 is 24.0 Å². The van der Waals surface area contributed by atoms with E-state index in [-0.39, 0.29) is 41.3 Å². The van der Waals surface area contributed by atoms with Gasteiger partial charge in [0.25, 0.3) is 0 Å². The van der Waals surface area contributed by atoms with Crippen molar-refractivity contribution in [3.05, 3.63) is 35.6 Å². The van der Waals surface area contributed by atoms with Crippen molar-refractivity contribution in [2.75, 3.05) is 20.3 Å². The molecule has 3 N–H and O–H groups in total. The van der Waals surface area contributed by atoms with E-state index in [1.807, 2.05) is 19.1 Å². The molecule has 0 heterocycles. The first kappa shape index (κ1) is 19.2. The third-order valence-electron chi connectivity index (χ3n) is 4.13. The van der Waals surface area contributed by atoms with Gasteiger partial charge in [-0.1, -0.05) is 18.6 Å². The fraction of sp³-hybridized carbons (Fsp3) is 0.562. The number of nitrogens with two attached hydrogens (primary N) is 1. The maximum absolute atomic E-state index is 13.1. The molecule has 0 amide bonds. The van der Waals surface area contributed by atoms with Gasteiger partial charge in [0.05, 0.1) is 13.2 Å². The van der Waals surface area contributed by atoms with Crippen LogP contribution in [-0.2, 0) is 10.2 Å². The Kier molecular flexibility index (Phi) is 7.55. The van der Waals surface area contributed by atoms with Crippen LogP contribution in [0.3, 0.4) is 0 Å². The number of nitrogens with zero attached hydrogens (tertiary/aromatic N) is 1. The zero-order valence-electron chi connectivity index (χ0n) is 13.1. The Morgan fingerprint density at radius 2 is 2.05 bits per heavy atom. The highest BCUT2D eigenvalue weighted by Crippen LogP contribution is 2.43. The minimum Gasteiger partial charge on any atom is -0.383 e. The first-order chi connectivity index (χ1) is 10.1. The van der Waals surface area contributed by atoms with Crippen molar-refractivity contribution < 1.29 is 9.13 Å². The molecule has 1 saturated carbocycles. The Hall–Kier alpha value is -0.890. The Balaban J connectivity index is 0.00000242. The number of halogens is 2. The number of ether oxygens (including phenoxy) is 1. The quantitative estimate of drug-likeness (QED) is 0.422. The Morgan fingerprint density at radius 3 is 2.55 bits per heavy atom. The average Bonchev–Trinajstić information content (AvgIpc) is 2.39. The van der Waals surface area contributed by atoms with E-state index in [2.05, 4.69) is 10.3 Å². The lowest BCUT2D eigenvalue weighted by atomic mass is 9.64. The van der Waals surface area contributed by atoms with E-state index in [0.717, 1.165) is 18.4 Å². The number of nitrogens with one attached hydrogen (secondary N) is 1. The third-order valence-corrected chi connectivity index (χ3v) is 4.13. The minimum absolute atomic E-state index is 0. The molecule has 0 bridgehead atoms. The van der Waals surface area contributed by atoms with Gasteiger partial charge in [-0.25, -0.2) is 4.39 Å². The molecule has 6 heteroatoms. The highest BCUT2D eigenvalue weighted by molar-refractivity contribution is 14.0. The molecule has 1 aromatic carbocycles. The number of guanidine groups is 1. The van der Waals surface area contributed by atoms with Crippen molar-refractivity contribution in [1.82, 2.24) is 5.32 Å². The highest BCUT2D eigenvalue weighted by Gasteiger charge is 2.38. The zero-order valence-corrected chi connectivity index (χ0v) is 15.5. The lowest BCUT2D eigenvalue weighted by Gasteiger charge is -2.41. The van der Waals surface area contributed by atoms with Gasteiger partial charge in [0.2, 0.25) is 0 Å². The Labute approximate surface area is 148 Å². The van der Waals surface area contributed by atoms with E-state index >= 15 is 0 Å². The zero-order chi connectivity index (χ0) is 15.3. The van der Waals surface area contributed by atoms with E-state index in [0.29, 0.717) is 19.1 Å². The molecule has 124 valence electrons. The van der Waals surface area contributed by atoms with Gasteiger partial charge in [-0.3, -0.25) is 4.99 Å². The van der Waals surface area contributed by atoms with Crippen molar-refractivity contribution in [1.29, 1.82) is 0 Å². The molecule has 0 spiro atoms. The van der Waals surface area contributed by atoms with Crippen LogP contribution in [0.15, 0.2) is 29.3 Å². The summed E-state index contributed by atoms with van der Waals surface area (Å²) in [7, 11) is 1.66. The molecule has 4 nitrogen and oxygen atoms in total. The Morgan fingerprint density at radius 1 is 1.41 bits per heavy atom. The lowest BCUT2D eigenvalue weighted by Crippen LogP contribution is -2.43. The molecule has 1 aliphatic rings. The normalized spacial score (nSPS) is 18.0. The van der Waals surface area contributed by atoms with Crippen LogP contribution in [0, 0.1) is 5.82 Å². The molecule has 22 heavy (non-hydrogen) atoms. The van der Waals surface area contributed by atoms with Crippen molar-refractivity contribution in [3.63, 3.8) is 0 Å². The number of aliphatic imine (C=N–C) groups is 1. The fourth-order valence-electron chi connectivity index (χ4n) is 2.77. The summed E-state index contributed by atoms with van der Waals surface area (Å²) in [5.74, 6) is 0.235. The van der Waals surface area contributed by atoms with Crippen LogP contribution in [0.4, 0.5) is 4.39 Å². The molecule has 1 unspecified atom stereocenters. The molecule has 1 atom stereocenters. The summed E-state index contributed by atoms with van der Waals surface area (Å²) < 4.78 is 18.1. The van der Waals surface area contributed by atoms with Crippen LogP contribution in [0.5, 0.6) is 0 Å². The summed E-state index contributed by atoms with van der Waals surface area (Å²) in [5, 5.41) is 3.10. The second kappa shape index (κ2) is 8.67. The van der Waals surface area contributed by atoms with Crippen LogP contribution in [0.1, 0.15) is 31.7 Å². The van der Waals surface area contributed by atoms with Crippen LogP contribution in [0.2, 0.25) is 0 Å². The van der Waals surface area contributed by atoms with Gasteiger partial charge in [0, 0.05) is 18.6 Å². The Bertz CT molecular complexity index is 489. The molecule has 0 saturated heterocycles. The predicted octanol–water partition coefficient (Wildman–Crippen LogP) is 2.80. The predicted molar refractivity (Wildman–Crippen MR) is 98.3 cm³/mol. The number of rotatable bonds is 6. The van der Waals surface area contributed by atoms with Gasteiger partial charge in [-0.2, -0.15) is 0 Å². The smallest absolute Gasteiger partial charge is 0.188 e. The van der Waals surface area contributed by atoms with Crippen molar-refractivity contribution in [3.8, 4) is 0 Å².